The van der Waals surface area contributed by atoms with Gasteiger partial charge in [-0.3, -0.25) is 0 Å². The molecule has 2 radical (unpaired) electrons. The van der Waals surface area contributed by atoms with Crippen LogP contribution in [-0.2, 0) is 44.5 Å². The zero-order valence-corrected chi connectivity index (χ0v) is 43.8. The molecule has 0 N–H and O–H groups in total. The van der Waals surface area contributed by atoms with Gasteiger partial charge in [0.05, 0.1) is 9.52 Å². The van der Waals surface area contributed by atoms with Gasteiger partial charge in [-0.15, -0.1) is 74.6 Å². The number of hydrogen-bond donors (Lipinski definition) is 0. The largest absolute Gasteiger partial charge is 0.184 e. The predicted octanol–water partition coefficient (Wildman–Crippen LogP) is 15.9. The van der Waals surface area contributed by atoms with Crippen molar-refractivity contribution in [2.24, 2.45) is 0 Å². The molecule has 9 rings (SSSR count). The van der Waals surface area contributed by atoms with Gasteiger partial charge in [-0.2, -0.15) is 41.6 Å². The van der Waals surface area contributed by atoms with Crippen LogP contribution in [0.4, 0.5) is 0 Å². The second kappa shape index (κ2) is 20.4. The van der Waals surface area contributed by atoms with Crippen molar-refractivity contribution >= 4 is 58.5 Å². The van der Waals surface area contributed by atoms with Crippen molar-refractivity contribution in [1.29, 1.82) is 0 Å². The average Bonchev–Trinajstić information content (AvgIpc) is 3.94. The molecule has 0 saturated heterocycles. The Morgan fingerprint density at radius 1 is 0.548 bits per heavy atom. The van der Waals surface area contributed by atoms with Gasteiger partial charge in [0.1, 0.15) is 0 Å². The Morgan fingerprint density at radius 3 is 1.39 bits per heavy atom. The molecule has 0 atom stereocenters. The van der Waals surface area contributed by atoms with Crippen LogP contribution in [0, 0.1) is 33.8 Å². The molecule has 0 aromatic heterocycles. The first kappa shape index (κ1) is 47.7. The summed E-state index contributed by atoms with van der Waals surface area (Å²) in [6.45, 7) is 27.1. The molecule has 62 heavy (non-hydrogen) atoms. The topological polar surface area (TPSA) is 0 Å². The molecule has 0 saturated carbocycles. The molecule has 0 bridgehead atoms. The number of rotatable bonds is 4. The standard InChI is InChI=1S/2C23H27.C12H7Si.2ClH.Zr/c2*1-7-17-13-18-8-9-21(23(4,5)6)22(20(18)14-17)19-11-15(2)10-16(3)12-19;1-3-7-11-9(5-1)10-6-2-4-8-12(10)13-11;;;/h2*8-14H,7H2,1-6H3;1-7H;2*1H;/q3*-1;;;+2/p-2. The Kier molecular flexibility index (Phi) is 15.7. The van der Waals surface area contributed by atoms with E-state index in [-0.39, 0.29) is 10.8 Å². The Labute approximate surface area is 394 Å². The van der Waals surface area contributed by atoms with E-state index in [1.807, 2.05) is 6.07 Å². The van der Waals surface area contributed by atoms with Gasteiger partial charge in [-0.05, 0) is 62.5 Å². The molecule has 1 aliphatic heterocycles. The third-order valence-electron chi connectivity index (χ3n) is 11.7. The summed E-state index contributed by atoms with van der Waals surface area (Å²) in [6.07, 6.45) is 2.18. The maximum atomic E-state index is 4.93. The van der Waals surface area contributed by atoms with Crippen molar-refractivity contribution in [1.82, 2.24) is 0 Å². The van der Waals surface area contributed by atoms with E-state index in [0.29, 0.717) is 0 Å². The van der Waals surface area contributed by atoms with Gasteiger partial charge in [-0.25, -0.2) is 0 Å². The molecule has 1 heterocycles. The third-order valence-corrected chi connectivity index (χ3v) is 13.1. The normalized spacial score (nSPS) is 11.8. The number of aryl methyl sites for hydroxylation is 6. The number of benzene rings is 6. The monoisotopic (exact) mass is 945 g/mol. The van der Waals surface area contributed by atoms with Crippen molar-refractivity contribution < 1.29 is 20.8 Å². The van der Waals surface area contributed by atoms with Crippen LogP contribution in [0.5, 0.6) is 0 Å². The van der Waals surface area contributed by atoms with Crippen molar-refractivity contribution in [2.45, 2.75) is 107 Å². The minimum Gasteiger partial charge on any atom is -0.184 e. The van der Waals surface area contributed by atoms with E-state index in [2.05, 4.69) is 210 Å². The smallest absolute Gasteiger partial charge is 0.0920 e. The summed E-state index contributed by atoms with van der Waals surface area (Å²) in [5.74, 6) is 0. The molecule has 8 aromatic carbocycles. The van der Waals surface area contributed by atoms with Gasteiger partial charge in [0.15, 0.2) is 0 Å². The van der Waals surface area contributed by atoms with Crippen LogP contribution in [0.2, 0.25) is 0 Å². The van der Waals surface area contributed by atoms with Crippen LogP contribution in [0.25, 0.3) is 54.9 Å². The van der Waals surface area contributed by atoms with Crippen LogP contribution in [0.15, 0.2) is 127 Å². The van der Waals surface area contributed by atoms with E-state index in [1.165, 1.54) is 110 Å². The third kappa shape index (κ3) is 11.1. The van der Waals surface area contributed by atoms with Gasteiger partial charge >= 0.3 is 37.9 Å². The second-order valence-corrected chi connectivity index (χ2v) is 23.9. The van der Waals surface area contributed by atoms with Gasteiger partial charge in [0.2, 0.25) is 0 Å². The fourth-order valence-corrected chi connectivity index (χ4v) is 10.2. The molecule has 0 amide bonds. The predicted molar refractivity (Wildman–Crippen MR) is 272 cm³/mol. The van der Waals surface area contributed by atoms with Gasteiger partial charge in [0.25, 0.3) is 0 Å². The van der Waals surface area contributed by atoms with Crippen LogP contribution >= 0.6 is 17.0 Å². The minimum absolute atomic E-state index is 0.130. The molecular weight excluding hydrogens is 887 g/mol. The van der Waals surface area contributed by atoms with E-state index in [1.54, 1.807) is 0 Å². The molecule has 318 valence electrons. The quantitative estimate of drug-likeness (QED) is 0.122. The van der Waals surface area contributed by atoms with Gasteiger partial charge in [0, 0.05) is 0 Å². The van der Waals surface area contributed by atoms with E-state index >= 15 is 0 Å². The van der Waals surface area contributed by atoms with E-state index in [9.17, 15) is 0 Å². The van der Waals surface area contributed by atoms with E-state index in [0.717, 1.165) is 22.4 Å². The fraction of sp³-hybridized carbons (Fsp3) is 0.276. The first-order chi connectivity index (χ1) is 29.4. The molecule has 0 unspecified atom stereocenters. The number of halogens is 2. The summed E-state index contributed by atoms with van der Waals surface area (Å²) in [4.78, 5) is 0. The molecule has 0 aliphatic carbocycles. The first-order valence-electron chi connectivity index (χ1n) is 21.9. The summed E-state index contributed by atoms with van der Waals surface area (Å²) in [5.41, 5.74) is 19.6. The summed E-state index contributed by atoms with van der Waals surface area (Å²) in [6, 6.07) is 50.7. The van der Waals surface area contributed by atoms with Crippen molar-refractivity contribution in [3.8, 4) is 33.4 Å². The Morgan fingerprint density at radius 2 is 0.968 bits per heavy atom. The van der Waals surface area contributed by atoms with Crippen LogP contribution < -0.4 is 10.4 Å². The molecule has 0 spiro atoms. The number of fused-ring (bicyclic) bond motifs is 5. The average molecular weight is 948 g/mol. The molecule has 4 heteroatoms. The maximum Gasteiger partial charge on any atom is 0.0920 e. The first-order valence-corrected chi connectivity index (χ1v) is 29.2. The fourth-order valence-electron chi connectivity index (χ4n) is 8.93. The van der Waals surface area contributed by atoms with Crippen molar-refractivity contribution in [3.05, 3.63) is 178 Å². The summed E-state index contributed by atoms with van der Waals surface area (Å²) in [7, 11) is 10.7. The van der Waals surface area contributed by atoms with Gasteiger partial charge in [-0.1, -0.05) is 171 Å². The van der Waals surface area contributed by atoms with Crippen LogP contribution in [0.1, 0.15) is 99.9 Å². The van der Waals surface area contributed by atoms with E-state index < -0.39 is 20.8 Å². The molecule has 8 aromatic rings. The summed E-state index contributed by atoms with van der Waals surface area (Å²) < 4.78 is 0. The summed E-state index contributed by atoms with van der Waals surface area (Å²) >= 11 is -0.826. The molecule has 0 nitrogen and oxygen atoms in total. The van der Waals surface area contributed by atoms with Crippen molar-refractivity contribution in [2.75, 3.05) is 0 Å². The summed E-state index contributed by atoms with van der Waals surface area (Å²) in [5, 5.41) is 8.36. The zero-order chi connectivity index (χ0) is 44.9. The molecule has 0 fully saturated rings. The number of hydrogen-bond acceptors (Lipinski definition) is 0. The van der Waals surface area contributed by atoms with Crippen LogP contribution in [0.3, 0.4) is 0 Å². The zero-order valence-electron chi connectivity index (χ0n) is 38.8. The molecule has 1 aliphatic rings. The Hall–Kier alpha value is -3.78. The Bertz CT molecular complexity index is 2570. The SMILES string of the molecule is CCc1cc2c(-c3cc(C)cc(C)c3)c(C(C)(C)C)ccc2[cH-]1.CCc1cc2c(-c3cc(C)cc(C)c3)c(C(C)(C)C)ccc2[cH-]1.[Cl][Zr][Cl].[c-]1cccc2c1[Si]c1ccccc1-2. The Balaban J connectivity index is 0.000000155. The minimum atomic E-state index is -0.826. The van der Waals surface area contributed by atoms with Gasteiger partial charge < -0.3 is 0 Å². The molecular formula is C58H61Cl2SiZr-3. The second-order valence-electron chi connectivity index (χ2n) is 18.9. The van der Waals surface area contributed by atoms with Crippen molar-refractivity contribution in [3.63, 3.8) is 0 Å². The van der Waals surface area contributed by atoms with E-state index in [4.69, 9.17) is 17.0 Å². The maximum absolute atomic E-state index is 4.93. The van der Waals surface area contributed by atoms with Crippen LogP contribution in [-0.4, -0.2) is 9.52 Å².